The van der Waals surface area contributed by atoms with E-state index in [2.05, 4.69) is 10.2 Å². The molecule has 0 spiro atoms. The molecule has 1 unspecified atom stereocenters. The molecule has 17 heavy (non-hydrogen) atoms. The van der Waals surface area contributed by atoms with Crippen LogP contribution < -0.4 is 0 Å². The Balaban J connectivity index is 2.47. The van der Waals surface area contributed by atoms with E-state index in [1.165, 1.54) is 0 Å². The minimum Gasteiger partial charge on any atom is -0.384 e. The highest BCUT2D eigenvalue weighted by Gasteiger charge is 2.16. The molecule has 0 saturated heterocycles. The molecular formula is C13H13ClN2O. The number of hydrogen-bond donors (Lipinski definition) is 1. The van der Waals surface area contributed by atoms with Gasteiger partial charge in [0.2, 0.25) is 0 Å². The summed E-state index contributed by atoms with van der Waals surface area (Å²) in [4.78, 5) is 0. The summed E-state index contributed by atoms with van der Waals surface area (Å²) in [6, 6.07) is 9.08. The number of aromatic nitrogens is 2. The summed E-state index contributed by atoms with van der Waals surface area (Å²) in [6.45, 7) is 3.66. The van der Waals surface area contributed by atoms with Gasteiger partial charge in [-0.15, -0.1) is 0 Å². The average Bonchev–Trinajstić information content (AvgIpc) is 2.32. The van der Waals surface area contributed by atoms with Crippen molar-refractivity contribution < 1.29 is 5.11 Å². The van der Waals surface area contributed by atoms with Gasteiger partial charge in [-0.25, -0.2) is 0 Å². The quantitative estimate of drug-likeness (QED) is 0.889. The van der Waals surface area contributed by atoms with Gasteiger partial charge in [-0.3, -0.25) is 0 Å². The number of hydrogen-bond acceptors (Lipinski definition) is 3. The van der Waals surface area contributed by atoms with E-state index in [0.29, 0.717) is 16.3 Å². The minimum atomic E-state index is -0.766. The highest BCUT2D eigenvalue weighted by atomic mass is 35.5. The highest BCUT2D eigenvalue weighted by molar-refractivity contribution is 6.31. The molecule has 0 fully saturated rings. The standard InChI is InChI=1S/C13H13ClN2O/c1-8-7-11(9(2)16-15-8)13(17)10-5-3-4-6-12(10)14/h3-7,13,17H,1-2H3. The maximum absolute atomic E-state index is 10.3. The molecule has 4 heteroatoms. The first-order chi connectivity index (χ1) is 8.09. The molecule has 0 saturated carbocycles. The van der Waals surface area contributed by atoms with Crippen LogP contribution in [0.4, 0.5) is 0 Å². The Morgan fingerprint density at radius 2 is 1.82 bits per heavy atom. The predicted octanol–water partition coefficient (Wildman–Crippen LogP) is 2.83. The molecular weight excluding hydrogens is 236 g/mol. The van der Waals surface area contributed by atoms with Gasteiger partial charge in [0.25, 0.3) is 0 Å². The van der Waals surface area contributed by atoms with E-state index >= 15 is 0 Å². The first-order valence-corrected chi connectivity index (χ1v) is 5.70. The van der Waals surface area contributed by atoms with Crippen LogP contribution in [0.1, 0.15) is 28.6 Å². The lowest BCUT2D eigenvalue weighted by atomic mass is 10.0. The maximum atomic E-state index is 10.3. The smallest absolute Gasteiger partial charge is 0.107 e. The van der Waals surface area contributed by atoms with E-state index in [1.54, 1.807) is 6.07 Å². The van der Waals surface area contributed by atoms with Crippen molar-refractivity contribution in [2.45, 2.75) is 20.0 Å². The van der Waals surface area contributed by atoms with Crippen molar-refractivity contribution in [1.29, 1.82) is 0 Å². The Morgan fingerprint density at radius 3 is 2.53 bits per heavy atom. The monoisotopic (exact) mass is 248 g/mol. The fraction of sp³-hybridized carbons (Fsp3) is 0.231. The second-order valence-electron chi connectivity index (χ2n) is 3.95. The van der Waals surface area contributed by atoms with Crippen LogP contribution in [0, 0.1) is 13.8 Å². The Bertz CT molecular complexity index is 543. The topological polar surface area (TPSA) is 46.0 Å². The SMILES string of the molecule is Cc1cc(C(O)c2ccccc2Cl)c(C)nn1. The number of rotatable bonds is 2. The summed E-state index contributed by atoms with van der Waals surface area (Å²) >= 11 is 6.07. The molecule has 0 amide bonds. The molecule has 0 aliphatic rings. The van der Waals surface area contributed by atoms with Gasteiger partial charge < -0.3 is 5.11 Å². The molecule has 1 aromatic heterocycles. The molecule has 0 bridgehead atoms. The zero-order valence-electron chi connectivity index (χ0n) is 9.68. The molecule has 1 N–H and O–H groups in total. The molecule has 0 aliphatic carbocycles. The Morgan fingerprint density at radius 1 is 1.12 bits per heavy atom. The number of aryl methyl sites for hydroxylation is 2. The molecule has 88 valence electrons. The van der Waals surface area contributed by atoms with E-state index in [0.717, 1.165) is 11.3 Å². The molecule has 1 aromatic carbocycles. The van der Waals surface area contributed by atoms with E-state index < -0.39 is 6.10 Å². The third kappa shape index (κ3) is 2.46. The van der Waals surface area contributed by atoms with Gasteiger partial charge in [0.05, 0.1) is 11.4 Å². The first kappa shape index (κ1) is 12.0. The molecule has 3 nitrogen and oxygen atoms in total. The lowest BCUT2D eigenvalue weighted by molar-refractivity contribution is 0.218. The molecule has 2 rings (SSSR count). The van der Waals surface area contributed by atoms with Crippen LogP contribution in [-0.2, 0) is 0 Å². The third-order valence-corrected chi connectivity index (χ3v) is 2.98. The Hall–Kier alpha value is -1.45. The summed E-state index contributed by atoms with van der Waals surface area (Å²) in [5.74, 6) is 0. The second kappa shape index (κ2) is 4.82. The zero-order chi connectivity index (χ0) is 12.4. The summed E-state index contributed by atoms with van der Waals surface area (Å²) in [7, 11) is 0. The Kier molecular flexibility index (Phi) is 3.41. The fourth-order valence-electron chi connectivity index (χ4n) is 1.71. The summed E-state index contributed by atoms with van der Waals surface area (Å²) in [5, 5.41) is 18.8. The number of nitrogens with zero attached hydrogens (tertiary/aromatic N) is 2. The molecule has 0 aliphatic heterocycles. The van der Waals surface area contributed by atoms with Crippen LogP contribution in [-0.4, -0.2) is 15.3 Å². The maximum Gasteiger partial charge on any atom is 0.107 e. The zero-order valence-corrected chi connectivity index (χ0v) is 10.4. The van der Waals surface area contributed by atoms with Crippen LogP contribution in [0.2, 0.25) is 5.02 Å². The minimum absolute atomic E-state index is 0.550. The predicted molar refractivity (Wildman–Crippen MR) is 67.0 cm³/mol. The average molecular weight is 249 g/mol. The van der Waals surface area contributed by atoms with Crippen molar-refractivity contribution >= 4 is 11.6 Å². The summed E-state index contributed by atoms with van der Waals surface area (Å²) < 4.78 is 0. The van der Waals surface area contributed by atoms with Crippen molar-refractivity contribution in [3.63, 3.8) is 0 Å². The normalized spacial score (nSPS) is 12.5. The number of halogens is 1. The van der Waals surface area contributed by atoms with Crippen molar-refractivity contribution in [3.8, 4) is 0 Å². The summed E-state index contributed by atoms with van der Waals surface area (Å²) in [5.41, 5.74) is 2.91. The van der Waals surface area contributed by atoms with Crippen LogP contribution in [0.3, 0.4) is 0 Å². The van der Waals surface area contributed by atoms with Gasteiger partial charge in [-0.1, -0.05) is 29.8 Å². The Labute approximate surface area is 105 Å². The van der Waals surface area contributed by atoms with Crippen molar-refractivity contribution in [2.24, 2.45) is 0 Å². The molecule has 1 heterocycles. The van der Waals surface area contributed by atoms with Crippen molar-refractivity contribution in [3.05, 3.63) is 57.9 Å². The van der Waals surface area contributed by atoms with Crippen LogP contribution in [0.15, 0.2) is 30.3 Å². The first-order valence-electron chi connectivity index (χ1n) is 5.33. The van der Waals surface area contributed by atoms with E-state index in [9.17, 15) is 5.11 Å². The van der Waals surface area contributed by atoms with Crippen LogP contribution in [0.5, 0.6) is 0 Å². The van der Waals surface area contributed by atoms with Crippen LogP contribution >= 0.6 is 11.6 Å². The second-order valence-corrected chi connectivity index (χ2v) is 4.36. The van der Waals surface area contributed by atoms with Gasteiger partial charge in [0.15, 0.2) is 0 Å². The van der Waals surface area contributed by atoms with Gasteiger partial charge in [-0.2, -0.15) is 10.2 Å². The van der Waals surface area contributed by atoms with E-state index in [1.807, 2.05) is 38.1 Å². The van der Waals surface area contributed by atoms with E-state index in [-0.39, 0.29) is 0 Å². The van der Waals surface area contributed by atoms with Gasteiger partial charge in [0.1, 0.15) is 6.10 Å². The van der Waals surface area contributed by atoms with Crippen molar-refractivity contribution in [1.82, 2.24) is 10.2 Å². The third-order valence-electron chi connectivity index (χ3n) is 2.63. The van der Waals surface area contributed by atoms with Gasteiger partial charge in [0, 0.05) is 16.1 Å². The lowest BCUT2D eigenvalue weighted by Gasteiger charge is -2.14. The molecule has 2 aromatic rings. The molecule has 0 radical (unpaired) electrons. The molecule has 1 atom stereocenters. The summed E-state index contributed by atoms with van der Waals surface area (Å²) in [6.07, 6.45) is -0.766. The van der Waals surface area contributed by atoms with Gasteiger partial charge >= 0.3 is 0 Å². The highest BCUT2D eigenvalue weighted by Crippen LogP contribution is 2.29. The van der Waals surface area contributed by atoms with Gasteiger partial charge in [-0.05, 0) is 26.0 Å². The number of aliphatic hydroxyl groups is 1. The largest absolute Gasteiger partial charge is 0.384 e. The van der Waals surface area contributed by atoms with Crippen LogP contribution in [0.25, 0.3) is 0 Å². The lowest BCUT2D eigenvalue weighted by Crippen LogP contribution is -2.06. The van der Waals surface area contributed by atoms with Crippen molar-refractivity contribution in [2.75, 3.05) is 0 Å². The number of aliphatic hydroxyl groups excluding tert-OH is 1. The number of benzene rings is 1. The van der Waals surface area contributed by atoms with E-state index in [4.69, 9.17) is 11.6 Å². The fourth-order valence-corrected chi connectivity index (χ4v) is 1.95.